The molecule has 1 aromatic carbocycles. The Kier molecular flexibility index (Phi) is 5.63. The van der Waals surface area contributed by atoms with E-state index in [2.05, 4.69) is 5.32 Å². The number of carbonyl (C=O) groups excluding carboxylic acids is 2. The van der Waals surface area contributed by atoms with Gasteiger partial charge in [0.1, 0.15) is 12.2 Å². The summed E-state index contributed by atoms with van der Waals surface area (Å²) >= 11 is 0. The normalized spacial score (nSPS) is 19.3. The van der Waals surface area contributed by atoms with Crippen molar-refractivity contribution in [3.63, 3.8) is 0 Å². The Labute approximate surface area is 161 Å². The number of carbonyl (C=O) groups is 2. The number of hydrogen-bond donors (Lipinski definition) is 1. The fourth-order valence-electron chi connectivity index (χ4n) is 3.84. The van der Waals surface area contributed by atoms with Crippen LogP contribution in [-0.2, 0) is 16.1 Å². The predicted octanol–water partition coefficient (Wildman–Crippen LogP) is 4.09. The molecule has 1 spiro atoms. The maximum absolute atomic E-state index is 12.1. The van der Waals surface area contributed by atoms with E-state index in [1.807, 2.05) is 51.1 Å². The van der Waals surface area contributed by atoms with Crippen molar-refractivity contribution in [1.82, 2.24) is 10.2 Å². The van der Waals surface area contributed by atoms with Crippen LogP contribution in [0.15, 0.2) is 30.3 Å². The summed E-state index contributed by atoms with van der Waals surface area (Å²) < 4.78 is 10.7. The lowest BCUT2D eigenvalue weighted by atomic mass is 9.67. The fourth-order valence-corrected chi connectivity index (χ4v) is 3.84. The number of rotatable bonds is 3. The highest BCUT2D eigenvalue weighted by molar-refractivity contribution is 5.69. The Morgan fingerprint density at radius 2 is 1.78 bits per heavy atom. The molecule has 1 heterocycles. The van der Waals surface area contributed by atoms with E-state index in [1.54, 1.807) is 4.90 Å². The van der Waals surface area contributed by atoms with Crippen molar-refractivity contribution in [2.75, 3.05) is 13.1 Å². The molecule has 2 fully saturated rings. The van der Waals surface area contributed by atoms with E-state index < -0.39 is 5.60 Å². The molecule has 1 saturated heterocycles. The molecule has 1 aliphatic carbocycles. The first-order chi connectivity index (χ1) is 12.7. The number of hydrogen-bond acceptors (Lipinski definition) is 4. The van der Waals surface area contributed by atoms with E-state index in [9.17, 15) is 9.59 Å². The van der Waals surface area contributed by atoms with Crippen LogP contribution < -0.4 is 5.32 Å². The van der Waals surface area contributed by atoms with Gasteiger partial charge in [-0.2, -0.15) is 0 Å². The second-order valence-electron chi connectivity index (χ2n) is 8.82. The molecular weight excluding hydrogens is 344 g/mol. The fraction of sp³-hybridized carbons (Fsp3) is 0.619. The van der Waals surface area contributed by atoms with E-state index in [0.29, 0.717) is 0 Å². The highest BCUT2D eigenvalue weighted by Crippen LogP contribution is 2.44. The first-order valence-corrected chi connectivity index (χ1v) is 9.70. The standard InChI is InChI=1S/C21H30N2O4/c1-20(2,3)27-19(25)23-14-21(15-23)11-9-17(10-12-21)22-18(24)26-13-16-7-5-4-6-8-16/h4-8,17H,9-15H2,1-3H3,(H,22,24). The Balaban J connectivity index is 1.36. The summed E-state index contributed by atoms with van der Waals surface area (Å²) in [4.78, 5) is 25.9. The van der Waals surface area contributed by atoms with Gasteiger partial charge in [0.05, 0.1) is 0 Å². The molecule has 1 N–H and O–H groups in total. The summed E-state index contributed by atoms with van der Waals surface area (Å²) in [5, 5.41) is 2.97. The van der Waals surface area contributed by atoms with Crippen LogP contribution in [0.2, 0.25) is 0 Å². The molecule has 0 radical (unpaired) electrons. The quantitative estimate of drug-likeness (QED) is 0.865. The van der Waals surface area contributed by atoms with Crippen LogP contribution >= 0.6 is 0 Å². The first kappa shape index (κ1) is 19.5. The molecule has 2 amide bonds. The van der Waals surface area contributed by atoms with Crippen molar-refractivity contribution < 1.29 is 19.1 Å². The molecule has 148 valence electrons. The second-order valence-corrected chi connectivity index (χ2v) is 8.82. The van der Waals surface area contributed by atoms with Gasteiger partial charge in [0, 0.05) is 24.5 Å². The van der Waals surface area contributed by atoms with Crippen molar-refractivity contribution in [2.24, 2.45) is 5.41 Å². The number of nitrogens with zero attached hydrogens (tertiary/aromatic N) is 1. The van der Waals surface area contributed by atoms with Gasteiger partial charge in [-0.3, -0.25) is 0 Å². The van der Waals surface area contributed by atoms with Gasteiger partial charge < -0.3 is 19.7 Å². The largest absolute Gasteiger partial charge is 0.445 e. The number of amides is 2. The third kappa shape index (κ3) is 5.37. The topological polar surface area (TPSA) is 67.9 Å². The summed E-state index contributed by atoms with van der Waals surface area (Å²) in [6.45, 7) is 7.45. The Hall–Kier alpha value is -2.24. The zero-order valence-electron chi connectivity index (χ0n) is 16.5. The highest BCUT2D eigenvalue weighted by atomic mass is 16.6. The summed E-state index contributed by atoms with van der Waals surface area (Å²) in [5.74, 6) is 0. The average Bonchev–Trinajstić information content (AvgIpc) is 2.58. The smallest absolute Gasteiger partial charge is 0.410 e. The highest BCUT2D eigenvalue weighted by Gasteiger charge is 2.48. The van der Waals surface area contributed by atoms with Crippen LogP contribution in [0.3, 0.4) is 0 Å². The minimum absolute atomic E-state index is 0.148. The van der Waals surface area contributed by atoms with Crippen molar-refractivity contribution in [3.05, 3.63) is 35.9 Å². The number of alkyl carbamates (subject to hydrolysis) is 1. The SMILES string of the molecule is CC(C)(C)OC(=O)N1CC2(CCC(NC(=O)OCc3ccccc3)CC2)C1. The van der Waals surface area contributed by atoms with E-state index in [4.69, 9.17) is 9.47 Å². The van der Waals surface area contributed by atoms with Crippen LogP contribution in [0, 0.1) is 5.41 Å². The van der Waals surface area contributed by atoms with Crippen LogP contribution in [0.1, 0.15) is 52.0 Å². The molecule has 3 rings (SSSR count). The van der Waals surface area contributed by atoms with Gasteiger partial charge in [0.25, 0.3) is 0 Å². The molecular formula is C21H30N2O4. The molecule has 0 atom stereocenters. The van der Waals surface area contributed by atoms with Crippen LogP contribution in [0.25, 0.3) is 0 Å². The molecule has 27 heavy (non-hydrogen) atoms. The van der Waals surface area contributed by atoms with Crippen molar-refractivity contribution >= 4 is 12.2 Å². The Morgan fingerprint density at radius 1 is 1.15 bits per heavy atom. The van der Waals surface area contributed by atoms with E-state index in [1.165, 1.54) is 0 Å². The van der Waals surface area contributed by atoms with Gasteiger partial charge in [0.2, 0.25) is 0 Å². The number of likely N-dealkylation sites (tertiary alicyclic amines) is 1. The average molecular weight is 374 g/mol. The van der Waals surface area contributed by atoms with Gasteiger partial charge in [-0.15, -0.1) is 0 Å². The maximum atomic E-state index is 12.1. The van der Waals surface area contributed by atoms with E-state index in [0.717, 1.165) is 44.3 Å². The van der Waals surface area contributed by atoms with Crippen LogP contribution in [0.4, 0.5) is 9.59 Å². The molecule has 6 heteroatoms. The lowest BCUT2D eigenvalue weighted by Gasteiger charge is -2.53. The lowest BCUT2D eigenvalue weighted by molar-refractivity contribution is -0.0514. The lowest BCUT2D eigenvalue weighted by Crippen LogP contribution is -2.61. The van der Waals surface area contributed by atoms with Gasteiger partial charge in [-0.05, 0) is 52.0 Å². The van der Waals surface area contributed by atoms with Crippen molar-refractivity contribution in [2.45, 2.75) is 64.7 Å². The molecule has 1 aromatic rings. The Bertz CT molecular complexity index is 653. The summed E-state index contributed by atoms with van der Waals surface area (Å²) in [6, 6.07) is 9.81. The Morgan fingerprint density at radius 3 is 2.37 bits per heavy atom. The maximum Gasteiger partial charge on any atom is 0.410 e. The molecule has 1 aliphatic heterocycles. The first-order valence-electron chi connectivity index (χ1n) is 9.70. The summed E-state index contributed by atoms with van der Waals surface area (Å²) in [5.41, 5.74) is 0.719. The third-order valence-electron chi connectivity index (χ3n) is 5.29. The zero-order chi connectivity index (χ0) is 19.5. The summed E-state index contributed by atoms with van der Waals surface area (Å²) in [7, 11) is 0. The van der Waals surface area contributed by atoms with E-state index >= 15 is 0 Å². The molecule has 0 bridgehead atoms. The molecule has 6 nitrogen and oxygen atoms in total. The van der Waals surface area contributed by atoms with Gasteiger partial charge in [0.15, 0.2) is 0 Å². The third-order valence-corrected chi connectivity index (χ3v) is 5.29. The number of ether oxygens (including phenoxy) is 2. The zero-order valence-corrected chi connectivity index (χ0v) is 16.5. The molecule has 0 aromatic heterocycles. The molecule has 1 saturated carbocycles. The van der Waals surface area contributed by atoms with Crippen LogP contribution in [0.5, 0.6) is 0 Å². The summed E-state index contributed by atoms with van der Waals surface area (Å²) in [6.07, 6.45) is 3.28. The van der Waals surface area contributed by atoms with E-state index in [-0.39, 0.29) is 30.3 Å². The van der Waals surface area contributed by atoms with Gasteiger partial charge >= 0.3 is 12.2 Å². The van der Waals surface area contributed by atoms with Crippen molar-refractivity contribution in [1.29, 1.82) is 0 Å². The minimum atomic E-state index is -0.457. The predicted molar refractivity (Wildman–Crippen MR) is 102 cm³/mol. The van der Waals surface area contributed by atoms with Crippen molar-refractivity contribution in [3.8, 4) is 0 Å². The second kappa shape index (κ2) is 7.79. The van der Waals surface area contributed by atoms with Gasteiger partial charge in [-0.25, -0.2) is 9.59 Å². The minimum Gasteiger partial charge on any atom is -0.445 e. The number of benzene rings is 1. The number of nitrogens with one attached hydrogen (secondary N) is 1. The van der Waals surface area contributed by atoms with Crippen LogP contribution in [-0.4, -0.2) is 41.8 Å². The molecule has 2 aliphatic rings. The monoisotopic (exact) mass is 374 g/mol. The molecule has 0 unspecified atom stereocenters. The van der Waals surface area contributed by atoms with Gasteiger partial charge in [-0.1, -0.05) is 30.3 Å².